The zero-order chi connectivity index (χ0) is 11.3. The van der Waals surface area contributed by atoms with Gasteiger partial charge in [-0.1, -0.05) is 13.3 Å². The molecule has 0 radical (unpaired) electrons. The molecular formula is C8H17N5O2. The van der Waals surface area contributed by atoms with Crippen LogP contribution in [0.25, 0.3) is 0 Å². The largest absolute Gasteiger partial charge is 0.338 e. The SMILES string of the molecule is CCCCN1CN(C)CN/C1=N/[N+](=O)[O-]. The normalized spacial score (nSPS) is 20.4. The van der Waals surface area contributed by atoms with Crippen LogP contribution in [0.2, 0.25) is 0 Å². The van der Waals surface area contributed by atoms with Crippen LogP contribution in [-0.4, -0.2) is 47.7 Å². The molecule has 0 aromatic heterocycles. The molecule has 7 nitrogen and oxygen atoms in total. The Morgan fingerprint density at radius 2 is 2.40 bits per heavy atom. The third kappa shape index (κ3) is 3.70. The topological polar surface area (TPSA) is 74.0 Å². The number of nitrogens with one attached hydrogen (secondary N) is 1. The molecular weight excluding hydrogens is 198 g/mol. The predicted molar refractivity (Wildman–Crippen MR) is 56.7 cm³/mol. The number of rotatable bonds is 4. The standard InChI is InChI=1S/C8H17N5O2/c1-3-4-5-12-7-11(2)6-9-8(12)10-13(14)15/h3-7H2,1-2H3,(H,9,10). The van der Waals surface area contributed by atoms with Crippen LogP contribution in [0.3, 0.4) is 0 Å². The molecule has 0 amide bonds. The lowest BCUT2D eigenvalue weighted by Crippen LogP contribution is -2.56. The lowest BCUT2D eigenvalue weighted by molar-refractivity contribution is -0.486. The number of nitro groups is 1. The molecule has 0 aromatic carbocycles. The average Bonchev–Trinajstić information content (AvgIpc) is 2.18. The van der Waals surface area contributed by atoms with Gasteiger partial charge in [-0.15, -0.1) is 0 Å². The van der Waals surface area contributed by atoms with E-state index in [1.165, 1.54) is 0 Å². The van der Waals surface area contributed by atoms with E-state index in [2.05, 4.69) is 17.3 Å². The molecule has 1 rings (SSSR count). The molecule has 1 aliphatic heterocycles. The van der Waals surface area contributed by atoms with Crippen molar-refractivity contribution < 1.29 is 5.03 Å². The van der Waals surface area contributed by atoms with Crippen molar-refractivity contribution >= 4 is 5.96 Å². The van der Waals surface area contributed by atoms with Crippen LogP contribution in [0, 0.1) is 10.1 Å². The number of hydrogen-bond donors (Lipinski definition) is 1. The second-order valence-corrected chi connectivity index (χ2v) is 3.61. The van der Waals surface area contributed by atoms with Crippen molar-refractivity contribution in [2.24, 2.45) is 5.10 Å². The van der Waals surface area contributed by atoms with Gasteiger partial charge in [0.2, 0.25) is 0 Å². The minimum absolute atomic E-state index is 0.367. The Hall–Kier alpha value is -1.37. The third-order valence-corrected chi connectivity index (χ3v) is 2.18. The molecule has 0 bridgehead atoms. The quantitative estimate of drug-likeness (QED) is 0.531. The van der Waals surface area contributed by atoms with Crippen molar-refractivity contribution in [2.75, 3.05) is 26.9 Å². The molecule has 0 aromatic rings. The Kier molecular flexibility index (Phi) is 4.29. The summed E-state index contributed by atoms with van der Waals surface area (Å²) in [6.45, 7) is 4.15. The monoisotopic (exact) mass is 215 g/mol. The summed E-state index contributed by atoms with van der Waals surface area (Å²) in [5.74, 6) is 0.367. The first-order valence-corrected chi connectivity index (χ1v) is 5.04. The van der Waals surface area contributed by atoms with E-state index in [1.54, 1.807) is 0 Å². The smallest absolute Gasteiger partial charge is 0.273 e. The number of guanidine groups is 1. The van der Waals surface area contributed by atoms with Crippen LogP contribution in [0.1, 0.15) is 19.8 Å². The molecule has 1 saturated heterocycles. The van der Waals surface area contributed by atoms with Crippen LogP contribution in [0.4, 0.5) is 0 Å². The fourth-order valence-electron chi connectivity index (χ4n) is 1.43. The van der Waals surface area contributed by atoms with E-state index in [1.807, 2.05) is 16.8 Å². The summed E-state index contributed by atoms with van der Waals surface area (Å²) in [6, 6.07) is 0. The molecule has 1 N–H and O–H groups in total. The molecule has 7 heteroatoms. The van der Waals surface area contributed by atoms with Crippen LogP contribution >= 0.6 is 0 Å². The van der Waals surface area contributed by atoms with Gasteiger partial charge in [-0.25, -0.2) is 10.1 Å². The van der Waals surface area contributed by atoms with Crippen molar-refractivity contribution in [3.63, 3.8) is 0 Å². The van der Waals surface area contributed by atoms with Crippen molar-refractivity contribution in [3.8, 4) is 0 Å². The second kappa shape index (κ2) is 5.50. The zero-order valence-corrected chi connectivity index (χ0v) is 9.14. The first-order chi connectivity index (χ1) is 7.13. The molecule has 1 fully saturated rings. The number of nitrogens with zero attached hydrogens (tertiary/aromatic N) is 4. The van der Waals surface area contributed by atoms with E-state index >= 15 is 0 Å². The molecule has 0 spiro atoms. The van der Waals surface area contributed by atoms with Gasteiger partial charge in [0.05, 0.1) is 13.3 Å². The van der Waals surface area contributed by atoms with Crippen molar-refractivity contribution in [2.45, 2.75) is 19.8 Å². The zero-order valence-electron chi connectivity index (χ0n) is 9.14. The van der Waals surface area contributed by atoms with Crippen molar-refractivity contribution in [1.29, 1.82) is 0 Å². The average molecular weight is 215 g/mol. The Bertz CT molecular complexity index is 255. The lowest BCUT2D eigenvalue weighted by atomic mass is 10.3. The summed E-state index contributed by atoms with van der Waals surface area (Å²) in [6.07, 6.45) is 2.07. The van der Waals surface area contributed by atoms with Gasteiger partial charge in [0.25, 0.3) is 5.96 Å². The van der Waals surface area contributed by atoms with Crippen LogP contribution < -0.4 is 5.32 Å². The van der Waals surface area contributed by atoms with E-state index in [0.29, 0.717) is 19.3 Å². The first-order valence-electron chi connectivity index (χ1n) is 5.04. The van der Waals surface area contributed by atoms with Crippen LogP contribution in [0.5, 0.6) is 0 Å². The minimum Gasteiger partial charge on any atom is -0.338 e. The van der Waals surface area contributed by atoms with Gasteiger partial charge in [-0.2, -0.15) is 0 Å². The summed E-state index contributed by atoms with van der Waals surface area (Å²) in [5, 5.41) is 15.9. The Balaban J connectivity index is 2.61. The Morgan fingerprint density at radius 1 is 1.67 bits per heavy atom. The predicted octanol–water partition coefficient (Wildman–Crippen LogP) is 0.0862. The minimum atomic E-state index is -0.660. The molecule has 1 aliphatic rings. The van der Waals surface area contributed by atoms with Gasteiger partial charge in [0, 0.05) is 6.54 Å². The van der Waals surface area contributed by atoms with Crippen LogP contribution in [0.15, 0.2) is 5.10 Å². The third-order valence-electron chi connectivity index (χ3n) is 2.18. The van der Waals surface area contributed by atoms with Gasteiger partial charge >= 0.3 is 0 Å². The van der Waals surface area contributed by atoms with E-state index < -0.39 is 5.03 Å². The van der Waals surface area contributed by atoms with Crippen molar-refractivity contribution in [1.82, 2.24) is 15.1 Å². The molecule has 0 atom stereocenters. The highest BCUT2D eigenvalue weighted by Crippen LogP contribution is 2.02. The van der Waals surface area contributed by atoms with E-state index in [0.717, 1.165) is 19.4 Å². The Morgan fingerprint density at radius 3 is 3.00 bits per heavy atom. The van der Waals surface area contributed by atoms with E-state index in [4.69, 9.17) is 0 Å². The fourth-order valence-corrected chi connectivity index (χ4v) is 1.43. The maximum Gasteiger partial charge on any atom is 0.273 e. The number of hydrogen-bond acceptors (Lipinski definition) is 3. The molecule has 86 valence electrons. The van der Waals surface area contributed by atoms with Gasteiger partial charge in [-0.3, -0.25) is 4.90 Å². The van der Waals surface area contributed by atoms with Gasteiger partial charge in [0.15, 0.2) is 5.03 Å². The number of unbranched alkanes of at least 4 members (excludes halogenated alkanes) is 1. The molecule has 0 aliphatic carbocycles. The summed E-state index contributed by atoms with van der Waals surface area (Å²) >= 11 is 0. The first kappa shape index (κ1) is 11.7. The molecule has 0 saturated carbocycles. The van der Waals surface area contributed by atoms with Gasteiger partial charge < -0.3 is 10.2 Å². The Labute approximate surface area is 88.9 Å². The van der Waals surface area contributed by atoms with Crippen LogP contribution in [-0.2, 0) is 0 Å². The summed E-state index contributed by atoms with van der Waals surface area (Å²) in [5.41, 5.74) is 0. The summed E-state index contributed by atoms with van der Waals surface area (Å²) in [7, 11) is 1.95. The highest BCUT2D eigenvalue weighted by molar-refractivity contribution is 5.79. The van der Waals surface area contributed by atoms with Gasteiger partial charge in [-0.05, 0) is 13.5 Å². The van der Waals surface area contributed by atoms with E-state index in [-0.39, 0.29) is 0 Å². The highest BCUT2D eigenvalue weighted by atomic mass is 16.7. The maximum atomic E-state index is 10.3. The number of hydrazone groups is 1. The maximum absolute atomic E-state index is 10.3. The summed E-state index contributed by atoms with van der Waals surface area (Å²) < 4.78 is 0. The van der Waals surface area contributed by atoms with Gasteiger partial charge in [0.1, 0.15) is 5.10 Å². The molecule has 0 unspecified atom stereocenters. The second-order valence-electron chi connectivity index (χ2n) is 3.61. The fraction of sp³-hybridized carbons (Fsp3) is 0.875. The van der Waals surface area contributed by atoms with Crippen molar-refractivity contribution in [3.05, 3.63) is 10.1 Å². The molecule has 15 heavy (non-hydrogen) atoms. The lowest BCUT2D eigenvalue weighted by Gasteiger charge is -2.34. The summed E-state index contributed by atoms with van der Waals surface area (Å²) in [4.78, 5) is 14.2. The highest BCUT2D eigenvalue weighted by Gasteiger charge is 2.21. The van der Waals surface area contributed by atoms with E-state index in [9.17, 15) is 10.1 Å². The molecule has 1 heterocycles.